The molecule has 0 spiro atoms. The quantitative estimate of drug-likeness (QED) is 0.569. The van der Waals surface area contributed by atoms with Crippen molar-refractivity contribution < 1.29 is 0 Å². The van der Waals surface area contributed by atoms with Gasteiger partial charge in [0, 0.05) is 12.8 Å². The summed E-state index contributed by atoms with van der Waals surface area (Å²) in [6.45, 7) is 8.76. The second-order valence-electron chi connectivity index (χ2n) is 3.49. The van der Waals surface area contributed by atoms with Gasteiger partial charge < -0.3 is 0 Å². The number of rotatable bonds is 5. The zero-order chi connectivity index (χ0) is 10.3. The van der Waals surface area contributed by atoms with Gasteiger partial charge >= 0.3 is 0 Å². The third-order valence-electron chi connectivity index (χ3n) is 2.67. The SMILES string of the molecule is CCCC/C(CC)=C(C)\C(C)=N\C. The molecular formula is C12H23N. The molecule has 0 saturated carbocycles. The van der Waals surface area contributed by atoms with E-state index in [4.69, 9.17) is 0 Å². The highest BCUT2D eigenvalue weighted by Gasteiger charge is 2.02. The maximum atomic E-state index is 4.22. The minimum Gasteiger partial charge on any atom is -0.293 e. The zero-order valence-corrected chi connectivity index (χ0v) is 9.78. The molecule has 0 rings (SSSR count). The molecule has 0 radical (unpaired) electrons. The molecule has 0 aromatic rings. The van der Waals surface area contributed by atoms with Crippen LogP contribution in [0, 0.1) is 0 Å². The molecule has 0 heterocycles. The molecular weight excluding hydrogens is 158 g/mol. The van der Waals surface area contributed by atoms with Gasteiger partial charge in [-0.15, -0.1) is 0 Å². The van der Waals surface area contributed by atoms with Crippen LogP contribution in [-0.2, 0) is 0 Å². The molecule has 0 aliphatic heterocycles. The summed E-state index contributed by atoms with van der Waals surface area (Å²) >= 11 is 0. The zero-order valence-electron chi connectivity index (χ0n) is 9.78. The smallest absolute Gasteiger partial charge is 0.0342 e. The Morgan fingerprint density at radius 3 is 2.15 bits per heavy atom. The summed E-state index contributed by atoms with van der Waals surface area (Å²) in [5.41, 5.74) is 4.16. The van der Waals surface area contributed by atoms with Gasteiger partial charge in [0.05, 0.1) is 0 Å². The van der Waals surface area contributed by atoms with E-state index in [2.05, 4.69) is 32.7 Å². The van der Waals surface area contributed by atoms with E-state index in [9.17, 15) is 0 Å². The first-order valence-corrected chi connectivity index (χ1v) is 5.29. The maximum absolute atomic E-state index is 4.22. The topological polar surface area (TPSA) is 12.4 Å². The minimum absolute atomic E-state index is 1.17. The highest BCUT2D eigenvalue weighted by atomic mass is 14.7. The molecule has 0 aromatic heterocycles. The maximum Gasteiger partial charge on any atom is 0.0342 e. The third kappa shape index (κ3) is 4.25. The van der Waals surface area contributed by atoms with Gasteiger partial charge in [0.1, 0.15) is 0 Å². The summed E-state index contributed by atoms with van der Waals surface area (Å²) in [5.74, 6) is 0. The monoisotopic (exact) mass is 181 g/mol. The number of hydrogen-bond donors (Lipinski definition) is 0. The van der Waals surface area contributed by atoms with E-state index in [1.807, 2.05) is 7.05 Å². The van der Waals surface area contributed by atoms with E-state index in [0.29, 0.717) is 0 Å². The normalized spacial score (nSPS) is 14.4. The fourth-order valence-corrected chi connectivity index (χ4v) is 1.44. The lowest BCUT2D eigenvalue weighted by Gasteiger charge is -2.09. The van der Waals surface area contributed by atoms with Crippen LogP contribution < -0.4 is 0 Å². The Morgan fingerprint density at radius 2 is 1.77 bits per heavy atom. The van der Waals surface area contributed by atoms with E-state index in [1.54, 1.807) is 5.57 Å². The first-order chi connectivity index (χ1) is 6.17. The van der Waals surface area contributed by atoms with E-state index in [1.165, 1.54) is 37.0 Å². The van der Waals surface area contributed by atoms with Crippen molar-refractivity contribution in [3.8, 4) is 0 Å². The van der Waals surface area contributed by atoms with Crippen LogP contribution in [0.15, 0.2) is 16.1 Å². The van der Waals surface area contributed by atoms with Gasteiger partial charge in [-0.05, 0) is 38.7 Å². The van der Waals surface area contributed by atoms with Gasteiger partial charge in [-0.2, -0.15) is 0 Å². The molecule has 1 heteroatoms. The molecule has 0 amide bonds. The van der Waals surface area contributed by atoms with Gasteiger partial charge in [-0.25, -0.2) is 0 Å². The van der Waals surface area contributed by atoms with Crippen molar-refractivity contribution in [1.82, 2.24) is 0 Å². The van der Waals surface area contributed by atoms with Gasteiger partial charge in [0.25, 0.3) is 0 Å². The van der Waals surface area contributed by atoms with Crippen LogP contribution in [0.5, 0.6) is 0 Å². The van der Waals surface area contributed by atoms with E-state index in [-0.39, 0.29) is 0 Å². The molecule has 0 aliphatic carbocycles. The predicted octanol–water partition coefficient (Wildman–Crippen LogP) is 3.99. The molecule has 0 aromatic carbocycles. The molecule has 76 valence electrons. The van der Waals surface area contributed by atoms with Crippen LogP contribution in [-0.4, -0.2) is 12.8 Å². The lowest BCUT2D eigenvalue weighted by Crippen LogP contribution is -1.98. The lowest BCUT2D eigenvalue weighted by molar-refractivity contribution is 0.762. The Hall–Kier alpha value is -0.590. The number of hydrogen-bond acceptors (Lipinski definition) is 1. The van der Waals surface area contributed by atoms with Gasteiger partial charge in [-0.1, -0.05) is 25.8 Å². The molecule has 0 bridgehead atoms. The largest absolute Gasteiger partial charge is 0.293 e. The van der Waals surface area contributed by atoms with Crippen molar-refractivity contribution in [2.24, 2.45) is 4.99 Å². The Bertz CT molecular complexity index is 199. The average molecular weight is 181 g/mol. The lowest BCUT2D eigenvalue weighted by atomic mass is 9.98. The van der Waals surface area contributed by atoms with Crippen molar-refractivity contribution in [3.05, 3.63) is 11.1 Å². The summed E-state index contributed by atoms with van der Waals surface area (Å²) in [6, 6.07) is 0. The summed E-state index contributed by atoms with van der Waals surface area (Å²) in [6.07, 6.45) is 4.99. The van der Waals surface area contributed by atoms with E-state index in [0.717, 1.165) is 0 Å². The van der Waals surface area contributed by atoms with Crippen LogP contribution in [0.25, 0.3) is 0 Å². The Balaban J connectivity index is 4.49. The van der Waals surface area contributed by atoms with Crippen LogP contribution in [0.2, 0.25) is 0 Å². The van der Waals surface area contributed by atoms with Crippen LogP contribution in [0.1, 0.15) is 53.4 Å². The van der Waals surface area contributed by atoms with Crippen molar-refractivity contribution in [2.75, 3.05) is 7.05 Å². The van der Waals surface area contributed by atoms with Crippen molar-refractivity contribution in [1.29, 1.82) is 0 Å². The first kappa shape index (κ1) is 12.4. The predicted molar refractivity (Wildman–Crippen MR) is 61.5 cm³/mol. The molecule has 0 fully saturated rings. The molecule has 0 N–H and O–H groups in total. The van der Waals surface area contributed by atoms with E-state index >= 15 is 0 Å². The average Bonchev–Trinajstić information content (AvgIpc) is 2.17. The first-order valence-electron chi connectivity index (χ1n) is 5.29. The highest BCUT2D eigenvalue weighted by molar-refractivity contribution is 5.98. The Morgan fingerprint density at radius 1 is 1.15 bits per heavy atom. The molecule has 0 unspecified atom stereocenters. The molecule has 0 aliphatic rings. The van der Waals surface area contributed by atoms with Crippen LogP contribution in [0.3, 0.4) is 0 Å². The number of aliphatic imine (C=N–C) groups is 1. The fraction of sp³-hybridized carbons (Fsp3) is 0.750. The third-order valence-corrected chi connectivity index (χ3v) is 2.67. The number of nitrogens with zero attached hydrogens (tertiary/aromatic N) is 1. The molecule has 13 heavy (non-hydrogen) atoms. The Labute approximate surface area is 83.0 Å². The summed E-state index contributed by atoms with van der Waals surface area (Å²) in [7, 11) is 1.87. The van der Waals surface area contributed by atoms with Crippen molar-refractivity contribution >= 4 is 5.71 Å². The summed E-state index contributed by atoms with van der Waals surface area (Å²) < 4.78 is 0. The van der Waals surface area contributed by atoms with Crippen molar-refractivity contribution in [2.45, 2.75) is 53.4 Å². The van der Waals surface area contributed by atoms with Gasteiger partial charge in [0.15, 0.2) is 0 Å². The van der Waals surface area contributed by atoms with Crippen molar-refractivity contribution in [3.63, 3.8) is 0 Å². The van der Waals surface area contributed by atoms with Crippen LogP contribution >= 0.6 is 0 Å². The van der Waals surface area contributed by atoms with E-state index < -0.39 is 0 Å². The highest BCUT2D eigenvalue weighted by Crippen LogP contribution is 2.17. The number of allylic oxidation sites excluding steroid dienone is 2. The standard InChI is InChI=1S/C12H23N/c1-6-8-9-12(7-2)10(3)11(4)13-5/h6-9H2,1-5H3/b12-10-,13-11+. The molecule has 0 atom stereocenters. The molecule has 1 nitrogen and oxygen atoms in total. The second-order valence-corrected chi connectivity index (χ2v) is 3.49. The summed E-state index contributed by atoms with van der Waals surface area (Å²) in [4.78, 5) is 4.22. The Kier molecular flexibility index (Phi) is 6.56. The molecule has 0 saturated heterocycles. The summed E-state index contributed by atoms with van der Waals surface area (Å²) in [5, 5.41) is 0. The number of unbranched alkanes of at least 4 members (excludes halogenated alkanes) is 1. The van der Waals surface area contributed by atoms with Gasteiger partial charge in [-0.3, -0.25) is 4.99 Å². The second kappa shape index (κ2) is 6.88. The minimum atomic E-state index is 1.17. The fourth-order valence-electron chi connectivity index (χ4n) is 1.44. The van der Waals surface area contributed by atoms with Gasteiger partial charge in [0.2, 0.25) is 0 Å². The van der Waals surface area contributed by atoms with Crippen LogP contribution in [0.4, 0.5) is 0 Å².